The maximum absolute atomic E-state index is 5.54. The van der Waals surface area contributed by atoms with E-state index in [1.807, 2.05) is 0 Å². The molecule has 1 heterocycles. The third-order valence-electron chi connectivity index (χ3n) is 2.91. The first-order valence-corrected chi connectivity index (χ1v) is 6.28. The van der Waals surface area contributed by atoms with Crippen LogP contribution in [-0.4, -0.2) is 38.4 Å². The van der Waals surface area contributed by atoms with E-state index in [9.17, 15) is 0 Å². The Morgan fingerprint density at radius 1 is 1.47 bits per heavy atom. The van der Waals surface area contributed by atoms with E-state index >= 15 is 0 Å². The Bertz CT molecular complexity index is 164. The van der Waals surface area contributed by atoms with E-state index in [0.29, 0.717) is 18.1 Å². The summed E-state index contributed by atoms with van der Waals surface area (Å²) in [4.78, 5) is 0. The van der Waals surface area contributed by atoms with Crippen LogP contribution in [-0.2, 0) is 4.74 Å². The first-order chi connectivity index (χ1) is 7.22. The lowest BCUT2D eigenvalue weighted by atomic mass is 10.1. The Labute approximate surface area is 94.0 Å². The Morgan fingerprint density at radius 2 is 2.27 bits per heavy atom. The number of nitrogens with one attached hydrogen (secondary N) is 2. The van der Waals surface area contributed by atoms with Crippen molar-refractivity contribution in [3.05, 3.63) is 0 Å². The van der Waals surface area contributed by atoms with Crippen molar-refractivity contribution in [1.82, 2.24) is 10.6 Å². The zero-order valence-corrected chi connectivity index (χ0v) is 10.4. The van der Waals surface area contributed by atoms with Crippen molar-refractivity contribution >= 4 is 0 Å². The molecular weight excluding hydrogens is 188 g/mol. The van der Waals surface area contributed by atoms with Crippen molar-refractivity contribution in [1.29, 1.82) is 0 Å². The van der Waals surface area contributed by atoms with Crippen LogP contribution in [0.25, 0.3) is 0 Å². The van der Waals surface area contributed by atoms with Gasteiger partial charge in [0.05, 0.1) is 12.7 Å². The summed E-state index contributed by atoms with van der Waals surface area (Å²) in [6.07, 6.45) is 2.88. The summed E-state index contributed by atoms with van der Waals surface area (Å²) >= 11 is 0. The highest BCUT2D eigenvalue weighted by Gasteiger charge is 2.21. The number of ether oxygens (including phenoxy) is 1. The molecular formula is C12H26N2O. The van der Waals surface area contributed by atoms with Crippen LogP contribution >= 0.6 is 0 Å². The SMILES string of the molecule is CCCNCC(C)NCC1COC(C)C1. The molecule has 3 unspecified atom stereocenters. The van der Waals surface area contributed by atoms with Crippen LogP contribution in [0.15, 0.2) is 0 Å². The molecule has 1 saturated heterocycles. The van der Waals surface area contributed by atoms with E-state index in [1.165, 1.54) is 12.8 Å². The fourth-order valence-corrected chi connectivity index (χ4v) is 1.98. The molecule has 0 aliphatic carbocycles. The number of rotatable bonds is 7. The maximum atomic E-state index is 5.54. The smallest absolute Gasteiger partial charge is 0.0551 e. The van der Waals surface area contributed by atoms with Crippen LogP contribution < -0.4 is 10.6 Å². The molecule has 1 aliphatic rings. The standard InChI is InChI=1S/C12H26N2O/c1-4-5-13-7-10(2)14-8-12-6-11(3)15-9-12/h10-14H,4-9H2,1-3H3. The first-order valence-electron chi connectivity index (χ1n) is 6.28. The fraction of sp³-hybridized carbons (Fsp3) is 1.00. The van der Waals surface area contributed by atoms with E-state index in [-0.39, 0.29) is 0 Å². The quantitative estimate of drug-likeness (QED) is 0.628. The minimum atomic E-state index is 0.463. The predicted octanol–water partition coefficient (Wildman–Crippen LogP) is 1.39. The Morgan fingerprint density at radius 3 is 2.87 bits per heavy atom. The van der Waals surface area contributed by atoms with Gasteiger partial charge in [-0.25, -0.2) is 0 Å². The topological polar surface area (TPSA) is 33.3 Å². The van der Waals surface area contributed by atoms with Gasteiger partial charge in [0.1, 0.15) is 0 Å². The molecule has 0 aromatic rings. The molecule has 0 aromatic carbocycles. The molecule has 1 rings (SSSR count). The first kappa shape index (κ1) is 12.9. The second-order valence-electron chi connectivity index (χ2n) is 4.76. The molecule has 0 radical (unpaired) electrons. The highest BCUT2D eigenvalue weighted by Crippen LogP contribution is 2.17. The van der Waals surface area contributed by atoms with Gasteiger partial charge < -0.3 is 15.4 Å². The minimum absolute atomic E-state index is 0.463. The number of hydrogen-bond acceptors (Lipinski definition) is 3. The average Bonchev–Trinajstić information content (AvgIpc) is 2.62. The Hall–Kier alpha value is -0.120. The van der Waals surface area contributed by atoms with Crippen LogP contribution in [0.4, 0.5) is 0 Å². The van der Waals surface area contributed by atoms with Gasteiger partial charge in [0.25, 0.3) is 0 Å². The molecule has 0 spiro atoms. The van der Waals surface area contributed by atoms with E-state index in [0.717, 1.165) is 26.2 Å². The van der Waals surface area contributed by atoms with E-state index in [1.54, 1.807) is 0 Å². The fourth-order valence-electron chi connectivity index (χ4n) is 1.98. The molecule has 0 saturated carbocycles. The van der Waals surface area contributed by atoms with Gasteiger partial charge in [0.15, 0.2) is 0 Å². The van der Waals surface area contributed by atoms with Gasteiger partial charge in [-0.05, 0) is 39.2 Å². The summed E-state index contributed by atoms with van der Waals surface area (Å²) in [6.45, 7) is 10.8. The highest BCUT2D eigenvalue weighted by molar-refractivity contribution is 4.74. The van der Waals surface area contributed by atoms with Gasteiger partial charge in [0.2, 0.25) is 0 Å². The monoisotopic (exact) mass is 214 g/mol. The van der Waals surface area contributed by atoms with Gasteiger partial charge in [-0.3, -0.25) is 0 Å². The summed E-state index contributed by atoms with van der Waals surface area (Å²) in [6, 6.07) is 0.562. The largest absolute Gasteiger partial charge is 0.378 e. The minimum Gasteiger partial charge on any atom is -0.378 e. The molecule has 3 heteroatoms. The van der Waals surface area contributed by atoms with Crippen molar-refractivity contribution < 1.29 is 4.74 Å². The maximum Gasteiger partial charge on any atom is 0.0551 e. The van der Waals surface area contributed by atoms with E-state index in [2.05, 4.69) is 31.4 Å². The van der Waals surface area contributed by atoms with Crippen LogP contribution in [0.2, 0.25) is 0 Å². The van der Waals surface area contributed by atoms with Crippen LogP contribution in [0, 0.1) is 5.92 Å². The third kappa shape index (κ3) is 5.50. The van der Waals surface area contributed by atoms with E-state index < -0.39 is 0 Å². The lowest BCUT2D eigenvalue weighted by Gasteiger charge is -2.16. The predicted molar refractivity (Wildman–Crippen MR) is 64.1 cm³/mol. The van der Waals surface area contributed by atoms with Gasteiger partial charge in [0, 0.05) is 19.1 Å². The van der Waals surface area contributed by atoms with Gasteiger partial charge in [-0.1, -0.05) is 6.92 Å². The summed E-state index contributed by atoms with van der Waals surface area (Å²) in [5.41, 5.74) is 0. The molecule has 0 bridgehead atoms. The van der Waals surface area contributed by atoms with Crippen molar-refractivity contribution in [3.8, 4) is 0 Å². The summed E-state index contributed by atoms with van der Waals surface area (Å²) in [5.74, 6) is 0.716. The van der Waals surface area contributed by atoms with Crippen molar-refractivity contribution in [2.24, 2.45) is 5.92 Å². The van der Waals surface area contributed by atoms with Gasteiger partial charge in [-0.2, -0.15) is 0 Å². The normalized spacial score (nSPS) is 28.2. The van der Waals surface area contributed by atoms with Crippen molar-refractivity contribution in [3.63, 3.8) is 0 Å². The van der Waals surface area contributed by atoms with Crippen molar-refractivity contribution in [2.45, 2.75) is 45.8 Å². The Kier molecular flexibility index (Phi) is 6.22. The van der Waals surface area contributed by atoms with E-state index in [4.69, 9.17) is 4.74 Å². The van der Waals surface area contributed by atoms with Crippen LogP contribution in [0.5, 0.6) is 0 Å². The van der Waals surface area contributed by atoms with Gasteiger partial charge >= 0.3 is 0 Å². The molecule has 1 aliphatic heterocycles. The summed E-state index contributed by atoms with van der Waals surface area (Å²) in [5, 5.41) is 6.99. The van der Waals surface area contributed by atoms with Crippen LogP contribution in [0.3, 0.4) is 0 Å². The second-order valence-corrected chi connectivity index (χ2v) is 4.76. The lowest BCUT2D eigenvalue weighted by Crippen LogP contribution is -2.39. The second kappa shape index (κ2) is 7.20. The highest BCUT2D eigenvalue weighted by atomic mass is 16.5. The Balaban J connectivity index is 1.98. The molecule has 2 N–H and O–H groups in total. The zero-order chi connectivity index (χ0) is 11.1. The molecule has 90 valence electrons. The summed E-state index contributed by atoms with van der Waals surface area (Å²) in [7, 11) is 0. The molecule has 0 amide bonds. The average molecular weight is 214 g/mol. The summed E-state index contributed by atoms with van der Waals surface area (Å²) < 4.78 is 5.54. The number of hydrogen-bond donors (Lipinski definition) is 2. The molecule has 0 aromatic heterocycles. The molecule has 1 fully saturated rings. The third-order valence-corrected chi connectivity index (χ3v) is 2.91. The zero-order valence-electron chi connectivity index (χ0n) is 10.4. The molecule has 3 atom stereocenters. The van der Waals surface area contributed by atoms with Gasteiger partial charge in [-0.15, -0.1) is 0 Å². The lowest BCUT2D eigenvalue weighted by molar-refractivity contribution is 0.120. The molecule has 3 nitrogen and oxygen atoms in total. The molecule has 15 heavy (non-hydrogen) atoms. The van der Waals surface area contributed by atoms with Crippen molar-refractivity contribution in [2.75, 3.05) is 26.2 Å². The van der Waals surface area contributed by atoms with Crippen LogP contribution in [0.1, 0.15) is 33.6 Å².